The summed E-state index contributed by atoms with van der Waals surface area (Å²) in [6.45, 7) is -0.308. The lowest BCUT2D eigenvalue weighted by Gasteiger charge is -2.23. The molecule has 0 radical (unpaired) electrons. The zero-order valence-electron chi connectivity index (χ0n) is 11.1. The van der Waals surface area contributed by atoms with E-state index in [2.05, 4.69) is 4.72 Å². The molecule has 1 aromatic rings. The Hall–Kier alpha value is -0.670. The van der Waals surface area contributed by atoms with E-state index >= 15 is 0 Å². The number of benzene rings is 1. The molecule has 1 aliphatic heterocycles. The number of aliphatic hydroxyl groups excluding tert-OH is 1. The molecule has 118 valence electrons. The number of rotatable bonds is 4. The monoisotopic (exact) mass is 353 g/mol. The van der Waals surface area contributed by atoms with Gasteiger partial charge in [0.1, 0.15) is 4.90 Å². The fraction of sp³-hybridized carbons (Fsp3) is 0.500. The van der Waals surface area contributed by atoms with Crippen molar-refractivity contribution in [3.8, 4) is 0 Å². The second kappa shape index (κ2) is 6.21. The van der Waals surface area contributed by atoms with Crippen LogP contribution in [0.25, 0.3) is 0 Å². The maximum absolute atomic E-state index is 12.3. The van der Waals surface area contributed by atoms with Crippen LogP contribution in [0, 0.1) is 0 Å². The van der Waals surface area contributed by atoms with Crippen molar-refractivity contribution in [2.45, 2.75) is 30.4 Å². The van der Waals surface area contributed by atoms with Crippen molar-refractivity contribution < 1.29 is 21.9 Å². The van der Waals surface area contributed by atoms with Gasteiger partial charge in [0.05, 0.1) is 23.1 Å². The molecule has 1 heterocycles. The molecule has 1 fully saturated rings. The molecule has 0 aromatic heterocycles. The van der Waals surface area contributed by atoms with Crippen LogP contribution in [0.5, 0.6) is 0 Å². The first-order chi connectivity index (χ1) is 9.73. The van der Waals surface area contributed by atoms with Gasteiger partial charge < -0.3 is 5.11 Å². The second-order valence-electron chi connectivity index (χ2n) is 5.00. The Morgan fingerprint density at radius 2 is 2.10 bits per heavy atom. The smallest absolute Gasteiger partial charge is 0.242 e. The van der Waals surface area contributed by atoms with Crippen molar-refractivity contribution in [1.29, 1.82) is 0 Å². The molecular weight excluding hydrogens is 338 g/mol. The quantitative estimate of drug-likeness (QED) is 0.829. The average molecular weight is 354 g/mol. The van der Waals surface area contributed by atoms with Crippen LogP contribution in [-0.4, -0.2) is 39.5 Å². The summed E-state index contributed by atoms with van der Waals surface area (Å²) in [5.74, 6) is -0.116. The van der Waals surface area contributed by atoms with Crippen molar-refractivity contribution in [3.05, 3.63) is 28.8 Å². The van der Waals surface area contributed by atoms with E-state index in [1.807, 2.05) is 0 Å². The van der Waals surface area contributed by atoms with Crippen LogP contribution in [0.4, 0.5) is 0 Å². The maximum Gasteiger partial charge on any atom is 0.242 e. The predicted molar refractivity (Wildman–Crippen MR) is 79.4 cm³/mol. The van der Waals surface area contributed by atoms with Gasteiger partial charge in [0.25, 0.3) is 0 Å². The Bertz CT molecular complexity index is 730. The van der Waals surface area contributed by atoms with Crippen LogP contribution in [0.15, 0.2) is 23.1 Å². The summed E-state index contributed by atoms with van der Waals surface area (Å²) >= 11 is 5.89. The zero-order chi connectivity index (χ0) is 15.7. The molecule has 0 bridgehead atoms. The van der Waals surface area contributed by atoms with Crippen LogP contribution in [-0.2, 0) is 26.5 Å². The van der Waals surface area contributed by atoms with Crippen molar-refractivity contribution in [2.75, 3.05) is 11.5 Å². The lowest BCUT2D eigenvalue weighted by molar-refractivity contribution is 0.281. The first kappa shape index (κ1) is 16.7. The topological polar surface area (TPSA) is 101 Å². The highest BCUT2D eigenvalue weighted by molar-refractivity contribution is 7.91. The number of halogens is 1. The van der Waals surface area contributed by atoms with E-state index in [0.29, 0.717) is 18.4 Å². The molecular formula is C12H16ClNO5S2. The molecule has 1 atom stereocenters. The summed E-state index contributed by atoms with van der Waals surface area (Å²) in [6, 6.07) is 3.54. The van der Waals surface area contributed by atoms with Gasteiger partial charge in [-0.05, 0) is 30.5 Å². The van der Waals surface area contributed by atoms with E-state index < -0.39 is 25.9 Å². The van der Waals surface area contributed by atoms with Gasteiger partial charge in [-0.1, -0.05) is 17.7 Å². The highest BCUT2D eigenvalue weighted by Crippen LogP contribution is 2.24. The molecule has 1 aliphatic rings. The van der Waals surface area contributed by atoms with Crippen LogP contribution < -0.4 is 4.72 Å². The summed E-state index contributed by atoms with van der Waals surface area (Å²) in [5, 5.41) is 9.10. The van der Waals surface area contributed by atoms with Crippen LogP contribution in [0.1, 0.15) is 18.4 Å². The third-order valence-electron chi connectivity index (χ3n) is 3.25. The van der Waals surface area contributed by atoms with Gasteiger partial charge in [0.2, 0.25) is 10.0 Å². The molecule has 0 aliphatic carbocycles. The summed E-state index contributed by atoms with van der Waals surface area (Å²) in [6.07, 6.45) is 0.899. The fourth-order valence-electron chi connectivity index (χ4n) is 2.25. The lowest BCUT2D eigenvalue weighted by atomic mass is 10.2. The Labute approximate surface area is 129 Å². The summed E-state index contributed by atoms with van der Waals surface area (Å²) in [4.78, 5) is -0.154. The average Bonchev–Trinajstić information content (AvgIpc) is 2.37. The maximum atomic E-state index is 12.3. The summed E-state index contributed by atoms with van der Waals surface area (Å²) in [7, 11) is -7.14. The standard InChI is InChI=1S/C12H16ClNO5S2/c13-11-4-3-9(7-15)6-12(11)21(18,19)14-10-2-1-5-20(16,17)8-10/h3-4,6,10,14-15H,1-2,5,7-8H2. The van der Waals surface area contributed by atoms with Crippen molar-refractivity contribution in [2.24, 2.45) is 0 Å². The lowest BCUT2D eigenvalue weighted by Crippen LogP contribution is -2.43. The van der Waals surface area contributed by atoms with E-state index in [9.17, 15) is 16.8 Å². The molecule has 1 saturated heterocycles. The third-order valence-corrected chi connectivity index (χ3v) is 7.08. The Balaban J connectivity index is 2.26. The van der Waals surface area contributed by atoms with E-state index in [0.717, 1.165) is 0 Å². The molecule has 9 heteroatoms. The SMILES string of the molecule is O=S1(=O)CCCC(NS(=O)(=O)c2cc(CO)ccc2Cl)C1. The normalized spacial score (nSPS) is 22.1. The first-order valence-electron chi connectivity index (χ1n) is 6.35. The first-order valence-corrected chi connectivity index (χ1v) is 10.0. The number of hydrogen-bond acceptors (Lipinski definition) is 5. The Morgan fingerprint density at radius 1 is 1.38 bits per heavy atom. The van der Waals surface area contributed by atoms with E-state index in [-0.39, 0.29) is 28.0 Å². The highest BCUT2D eigenvalue weighted by Gasteiger charge is 2.29. The van der Waals surface area contributed by atoms with Crippen LogP contribution >= 0.6 is 11.6 Å². The predicted octanol–water partition coefficient (Wildman–Crippen LogP) is 0.688. The molecule has 2 rings (SSSR count). The third kappa shape index (κ3) is 4.17. The van der Waals surface area contributed by atoms with Crippen molar-refractivity contribution in [3.63, 3.8) is 0 Å². The molecule has 0 spiro atoms. The van der Waals surface area contributed by atoms with Gasteiger partial charge in [-0.25, -0.2) is 21.6 Å². The number of nitrogens with one attached hydrogen (secondary N) is 1. The van der Waals surface area contributed by atoms with Gasteiger partial charge >= 0.3 is 0 Å². The molecule has 0 amide bonds. The number of sulfone groups is 1. The number of aliphatic hydroxyl groups is 1. The van der Waals surface area contributed by atoms with Gasteiger partial charge in [-0.3, -0.25) is 0 Å². The van der Waals surface area contributed by atoms with Gasteiger partial charge in [-0.2, -0.15) is 0 Å². The fourth-order valence-corrected chi connectivity index (χ4v) is 5.81. The van der Waals surface area contributed by atoms with Gasteiger partial charge in [0.15, 0.2) is 9.84 Å². The Morgan fingerprint density at radius 3 is 2.71 bits per heavy atom. The highest BCUT2D eigenvalue weighted by atomic mass is 35.5. The van der Waals surface area contributed by atoms with Crippen LogP contribution in [0.3, 0.4) is 0 Å². The minimum atomic E-state index is -3.93. The largest absolute Gasteiger partial charge is 0.392 e. The zero-order valence-corrected chi connectivity index (χ0v) is 13.5. The molecule has 2 N–H and O–H groups in total. The minimum absolute atomic E-state index is 0.0263. The Kier molecular flexibility index (Phi) is 4.94. The van der Waals surface area contributed by atoms with Crippen molar-refractivity contribution in [1.82, 2.24) is 4.72 Å². The van der Waals surface area contributed by atoms with E-state index in [1.54, 1.807) is 0 Å². The van der Waals surface area contributed by atoms with E-state index in [4.69, 9.17) is 16.7 Å². The summed E-state index contributed by atoms with van der Waals surface area (Å²) in [5.41, 5.74) is 0.413. The van der Waals surface area contributed by atoms with Crippen LogP contribution in [0.2, 0.25) is 5.02 Å². The van der Waals surface area contributed by atoms with E-state index in [1.165, 1.54) is 18.2 Å². The molecule has 21 heavy (non-hydrogen) atoms. The van der Waals surface area contributed by atoms with Gasteiger partial charge in [-0.15, -0.1) is 0 Å². The van der Waals surface area contributed by atoms with Gasteiger partial charge in [0, 0.05) is 6.04 Å². The molecule has 0 saturated carbocycles. The molecule has 1 unspecified atom stereocenters. The van der Waals surface area contributed by atoms with Crippen molar-refractivity contribution >= 4 is 31.5 Å². The summed E-state index contributed by atoms with van der Waals surface area (Å²) < 4.78 is 50.2. The number of sulfonamides is 1. The minimum Gasteiger partial charge on any atom is -0.392 e. The number of hydrogen-bond donors (Lipinski definition) is 2. The second-order valence-corrected chi connectivity index (χ2v) is 9.32. The molecule has 1 aromatic carbocycles. The molecule has 6 nitrogen and oxygen atoms in total.